The van der Waals surface area contributed by atoms with E-state index in [1.54, 1.807) is 30.6 Å². The maximum absolute atomic E-state index is 9.97. The second-order valence-corrected chi connectivity index (χ2v) is 3.28. The highest BCUT2D eigenvalue weighted by molar-refractivity contribution is 6.11. The fourth-order valence-electron chi connectivity index (χ4n) is 1.44. The van der Waals surface area contributed by atoms with E-state index >= 15 is 0 Å². The van der Waals surface area contributed by atoms with Crippen LogP contribution in [0.3, 0.4) is 0 Å². The van der Waals surface area contributed by atoms with Crippen LogP contribution in [0.5, 0.6) is 5.75 Å². The van der Waals surface area contributed by atoms with Crippen molar-refractivity contribution in [1.82, 2.24) is 9.97 Å². The number of aromatic nitrogens is 2. The standard InChI is InChI=1S/C12H8N4O/c13-7-10(14)9-3-6-16-11(12(9)17)8-1-4-15-5-2-8/h1-6,14,17H. The SMILES string of the molecule is N#CC(=N)c1ccnc(-c2ccncc2)c1O. The fraction of sp³-hybridized carbons (Fsp3) is 0. The number of nitrogens with one attached hydrogen (secondary N) is 1. The molecule has 0 bridgehead atoms. The van der Waals surface area contributed by atoms with Crippen molar-refractivity contribution in [3.8, 4) is 23.1 Å². The molecule has 0 fully saturated rings. The molecule has 2 rings (SSSR count). The van der Waals surface area contributed by atoms with E-state index in [1.807, 2.05) is 0 Å². The summed E-state index contributed by atoms with van der Waals surface area (Å²) < 4.78 is 0. The van der Waals surface area contributed by atoms with Crippen LogP contribution in [0.4, 0.5) is 0 Å². The van der Waals surface area contributed by atoms with E-state index in [9.17, 15) is 5.11 Å². The molecule has 82 valence electrons. The quantitative estimate of drug-likeness (QED) is 0.759. The molecule has 5 nitrogen and oxygen atoms in total. The minimum Gasteiger partial charge on any atom is -0.505 e. The van der Waals surface area contributed by atoms with E-state index in [1.165, 1.54) is 12.3 Å². The molecule has 0 saturated heterocycles. The minimum atomic E-state index is -0.291. The Labute approximate surface area is 97.5 Å². The van der Waals surface area contributed by atoms with Crippen molar-refractivity contribution < 1.29 is 5.11 Å². The lowest BCUT2D eigenvalue weighted by Crippen LogP contribution is -1.97. The van der Waals surface area contributed by atoms with E-state index in [-0.39, 0.29) is 17.0 Å². The molecule has 0 radical (unpaired) electrons. The van der Waals surface area contributed by atoms with Crippen molar-refractivity contribution in [2.24, 2.45) is 0 Å². The molecule has 0 aromatic carbocycles. The zero-order chi connectivity index (χ0) is 12.3. The average Bonchev–Trinajstić information content (AvgIpc) is 2.39. The van der Waals surface area contributed by atoms with Crippen molar-refractivity contribution in [3.05, 3.63) is 42.4 Å². The highest BCUT2D eigenvalue weighted by atomic mass is 16.3. The van der Waals surface area contributed by atoms with Crippen LogP contribution in [-0.4, -0.2) is 20.8 Å². The zero-order valence-corrected chi connectivity index (χ0v) is 8.75. The summed E-state index contributed by atoms with van der Waals surface area (Å²) in [5.74, 6) is -0.162. The third-order valence-electron chi connectivity index (χ3n) is 2.26. The Morgan fingerprint density at radius 1 is 1.24 bits per heavy atom. The molecule has 5 heteroatoms. The number of nitriles is 1. The van der Waals surface area contributed by atoms with Gasteiger partial charge in [0.15, 0.2) is 5.75 Å². The number of nitrogens with zero attached hydrogens (tertiary/aromatic N) is 3. The summed E-state index contributed by atoms with van der Waals surface area (Å²) in [6.07, 6.45) is 4.62. The van der Waals surface area contributed by atoms with Gasteiger partial charge < -0.3 is 5.11 Å². The van der Waals surface area contributed by atoms with Crippen LogP contribution in [-0.2, 0) is 0 Å². The highest BCUT2D eigenvalue weighted by Crippen LogP contribution is 2.29. The first-order valence-electron chi connectivity index (χ1n) is 4.81. The Morgan fingerprint density at radius 3 is 2.59 bits per heavy atom. The molecule has 17 heavy (non-hydrogen) atoms. The number of hydrogen-bond acceptors (Lipinski definition) is 5. The summed E-state index contributed by atoms with van der Waals surface area (Å²) in [7, 11) is 0. The topological polar surface area (TPSA) is 93.7 Å². The Hall–Kier alpha value is -2.74. The molecule has 0 atom stereocenters. The van der Waals surface area contributed by atoms with Gasteiger partial charge in [-0.2, -0.15) is 5.26 Å². The van der Waals surface area contributed by atoms with Gasteiger partial charge in [-0.3, -0.25) is 15.4 Å². The number of hydrogen-bond donors (Lipinski definition) is 2. The lowest BCUT2D eigenvalue weighted by molar-refractivity contribution is 0.474. The summed E-state index contributed by atoms with van der Waals surface area (Å²) in [5.41, 5.74) is 0.907. The van der Waals surface area contributed by atoms with Crippen LogP contribution in [0.25, 0.3) is 11.3 Å². The Balaban J connectivity index is 2.59. The summed E-state index contributed by atoms with van der Waals surface area (Å²) in [5, 5.41) is 26.0. The highest BCUT2D eigenvalue weighted by Gasteiger charge is 2.13. The number of aromatic hydroxyl groups is 1. The minimum absolute atomic E-state index is 0.162. The van der Waals surface area contributed by atoms with Gasteiger partial charge in [0.2, 0.25) is 0 Å². The first-order valence-corrected chi connectivity index (χ1v) is 4.81. The average molecular weight is 224 g/mol. The van der Waals surface area contributed by atoms with Gasteiger partial charge in [0.1, 0.15) is 17.5 Å². The molecule has 0 amide bonds. The van der Waals surface area contributed by atoms with Gasteiger partial charge >= 0.3 is 0 Å². The summed E-state index contributed by atoms with van der Waals surface area (Å²) in [4.78, 5) is 7.91. The van der Waals surface area contributed by atoms with Gasteiger partial charge in [0.25, 0.3) is 0 Å². The van der Waals surface area contributed by atoms with Crippen LogP contribution < -0.4 is 0 Å². The van der Waals surface area contributed by atoms with E-state index in [4.69, 9.17) is 10.7 Å². The Morgan fingerprint density at radius 2 is 1.94 bits per heavy atom. The summed E-state index contributed by atoms with van der Waals surface area (Å²) in [6, 6.07) is 6.51. The van der Waals surface area contributed by atoms with Gasteiger partial charge in [0.05, 0.1) is 5.56 Å². The van der Waals surface area contributed by atoms with Crippen LogP contribution in [0.15, 0.2) is 36.8 Å². The van der Waals surface area contributed by atoms with Crippen molar-refractivity contribution in [3.63, 3.8) is 0 Å². The molecule has 0 saturated carbocycles. The summed E-state index contributed by atoms with van der Waals surface area (Å²) >= 11 is 0. The molecule has 2 aromatic heterocycles. The molecule has 0 unspecified atom stereocenters. The second-order valence-electron chi connectivity index (χ2n) is 3.28. The monoisotopic (exact) mass is 224 g/mol. The van der Waals surface area contributed by atoms with Crippen molar-refractivity contribution in [1.29, 1.82) is 10.7 Å². The molecule has 2 heterocycles. The normalized spacial score (nSPS) is 9.59. The molecular weight excluding hydrogens is 216 g/mol. The Kier molecular flexibility index (Phi) is 2.79. The first kappa shape index (κ1) is 10.8. The van der Waals surface area contributed by atoms with Crippen LogP contribution in [0, 0.1) is 16.7 Å². The second kappa shape index (κ2) is 4.41. The van der Waals surface area contributed by atoms with E-state index in [0.29, 0.717) is 11.3 Å². The molecule has 0 aliphatic rings. The Bertz CT molecular complexity index is 602. The molecular formula is C12H8N4O. The smallest absolute Gasteiger partial charge is 0.151 e. The van der Waals surface area contributed by atoms with Gasteiger partial charge in [-0.15, -0.1) is 0 Å². The van der Waals surface area contributed by atoms with Crippen LogP contribution in [0.1, 0.15) is 5.56 Å². The number of pyridine rings is 2. The molecule has 2 N–H and O–H groups in total. The predicted octanol–water partition coefficient (Wildman–Crippen LogP) is 1.74. The van der Waals surface area contributed by atoms with Crippen LogP contribution in [0.2, 0.25) is 0 Å². The van der Waals surface area contributed by atoms with Crippen molar-refractivity contribution in [2.45, 2.75) is 0 Å². The van der Waals surface area contributed by atoms with Gasteiger partial charge in [-0.05, 0) is 18.2 Å². The van der Waals surface area contributed by atoms with Gasteiger partial charge in [0, 0.05) is 24.2 Å². The first-order chi connectivity index (χ1) is 8.24. The van der Waals surface area contributed by atoms with E-state index in [0.717, 1.165) is 0 Å². The number of rotatable bonds is 2. The largest absolute Gasteiger partial charge is 0.505 e. The maximum atomic E-state index is 9.97. The molecule has 0 aliphatic carbocycles. The van der Waals surface area contributed by atoms with Gasteiger partial charge in [-0.1, -0.05) is 0 Å². The fourth-order valence-corrected chi connectivity index (χ4v) is 1.44. The predicted molar refractivity (Wildman–Crippen MR) is 61.6 cm³/mol. The maximum Gasteiger partial charge on any atom is 0.151 e. The van der Waals surface area contributed by atoms with Crippen molar-refractivity contribution in [2.75, 3.05) is 0 Å². The lowest BCUT2D eigenvalue weighted by atomic mass is 10.1. The zero-order valence-electron chi connectivity index (χ0n) is 8.75. The van der Waals surface area contributed by atoms with E-state index in [2.05, 4.69) is 9.97 Å². The van der Waals surface area contributed by atoms with E-state index < -0.39 is 0 Å². The third kappa shape index (κ3) is 1.96. The molecule has 0 aliphatic heterocycles. The van der Waals surface area contributed by atoms with Gasteiger partial charge in [-0.25, -0.2) is 0 Å². The third-order valence-corrected chi connectivity index (χ3v) is 2.26. The van der Waals surface area contributed by atoms with Crippen LogP contribution >= 0.6 is 0 Å². The van der Waals surface area contributed by atoms with Crippen molar-refractivity contribution >= 4 is 5.71 Å². The lowest BCUT2D eigenvalue weighted by Gasteiger charge is -2.06. The molecule has 2 aromatic rings. The summed E-state index contributed by atoms with van der Waals surface area (Å²) in [6.45, 7) is 0. The molecule has 0 spiro atoms.